The average molecular weight is 436 g/mol. The zero-order chi connectivity index (χ0) is 20.4. The second kappa shape index (κ2) is 9.25. The van der Waals surface area contributed by atoms with Gasteiger partial charge in [-0.05, 0) is 18.2 Å². The fourth-order valence-electron chi connectivity index (χ4n) is 3.26. The van der Waals surface area contributed by atoms with Gasteiger partial charge in [-0.2, -0.15) is 0 Å². The number of hydrogen-bond acceptors (Lipinski definition) is 8. The summed E-state index contributed by atoms with van der Waals surface area (Å²) in [5, 5.41) is 29.5. The Bertz CT molecular complexity index is 1090. The third-order valence-electron chi connectivity index (χ3n) is 4.82. The predicted molar refractivity (Wildman–Crippen MR) is 113 cm³/mol. The van der Waals surface area contributed by atoms with Gasteiger partial charge in [-0.25, -0.2) is 0 Å². The summed E-state index contributed by atoms with van der Waals surface area (Å²) in [7, 11) is 0. The lowest BCUT2D eigenvalue weighted by Crippen LogP contribution is -2.38. The zero-order valence-corrected chi connectivity index (χ0v) is 16.9. The molecule has 0 spiro atoms. The van der Waals surface area contributed by atoms with Crippen LogP contribution in [-0.2, 0) is 4.74 Å². The molecular formula is C21H22ClNO7. The van der Waals surface area contributed by atoms with Crippen LogP contribution in [0.1, 0.15) is 0 Å². The first-order valence-corrected chi connectivity index (χ1v) is 9.27. The first-order valence-electron chi connectivity index (χ1n) is 9.27. The van der Waals surface area contributed by atoms with Gasteiger partial charge in [-0.15, -0.1) is 12.4 Å². The van der Waals surface area contributed by atoms with Gasteiger partial charge in [-0.1, -0.05) is 0 Å². The summed E-state index contributed by atoms with van der Waals surface area (Å²) in [6.07, 6.45) is 0. The van der Waals surface area contributed by atoms with Gasteiger partial charge in [0.15, 0.2) is 16.9 Å². The standard InChI is InChI=1S/C21H21NO7.ClH/c23-15-2-1-13(9-16(15)24)19-12-18(26)21-17(25)10-14(11-20(21)29-19)28-8-5-22-3-6-27-7-4-22;/h1-2,9-12,23-25H,3-8H2;1H. The minimum absolute atomic E-state index is 0. The molecule has 160 valence electrons. The van der Waals surface area contributed by atoms with Crippen LogP contribution in [0.4, 0.5) is 0 Å². The van der Waals surface area contributed by atoms with E-state index in [0.717, 1.165) is 19.6 Å². The molecule has 0 saturated carbocycles. The van der Waals surface area contributed by atoms with Crippen LogP contribution < -0.4 is 10.2 Å². The maximum Gasteiger partial charge on any atom is 0.197 e. The molecule has 8 nitrogen and oxygen atoms in total. The molecule has 2 aromatic carbocycles. The van der Waals surface area contributed by atoms with Crippen molar-refractivity contribution in [1.82, 2.24) is 4.90 Å². The molecule has 30 heavy (non-hydrogen) atoms. The van der Waals surface area contributed by atoms with Crippen LogP contribution in [0, 0.1) is 0 Å². The number of phenols is 3. The van der Waals surface area contributed by atoms with Crippen molar-refractivity contribution in [1.29, 1.82) is 0 Å². The first-order chi connectivity index (χ1) is 14.0. The molecule has 0 aliphatic carbocycles. The number of benzene rings is 2. The highest BCUT2D eigenvalue weighted by molar-refractivity contribution is 5.86. The van der Waals surface area contributed by atoms with E-state index in [-0.39, 0.29) is 46.4 Å². The monoisotopic (exact) mass is 435 g/mol. The molecule has 1 saturated heterocycles. The predicted octanol–water partition coefficient (Wildman–Crippen LogP) is 2.71. The highest BCUT2D eigenvalue weighted by atomic mass is 35.5. The Labute approximate surface area is 178 Å². The summed E-state index contributed by atoms with van der Waals surface area (Å²) >= 11 is 0. The average Bonchev–Trinajstić information content (AvgIpc) is 2.70. The molecule has 0 unspecified atom stereocenters. The molecule has 0 amide bonds. The lowest BCUT2D eigenvalue weighted by molar-refractivity contribution is 0.0322. The van der Waals surface area contributed by atoms with Crippen LogP contribution in [0.2, 0.25) is 0 Å². The van der Waals surface area contributed by atoms with E-state index in [0.29, 0.717) is 31.1 Å². The molecule has 2 heterocycles. The van der Waals surface area contributed by atoms with Crippen LogP contribution in [0.25, 0.3) is 22.3 Å². The number of halogens is 1. The quantitative estimate of drug-likeness (QED) is 0.524. The second-order valence-corrected chi connectivity index (χ2v) is 6.80. The van der Waals surface area contributed by atoms with Crippen LogP contribution >= 0.6 is 12.4 Å². The number of nitrogens with zero attached hydrogens (tertiary/aromatic N) is 1. The van der Waals surface area contributed by atoms with Gasteiger partial charge in [0.05, 0.1) is 13.2 Å². The number of hydrogen-bond donors (Lipinski definition) is 3. The largest absolute Gasteiger partial charge is 0.507 e. The number of ether oxygens (including phenoxy) is 2. The molecule has 9 heteroatoms. The lowest BCUT2D eigenvalue weighted by atomic mass is 10.1. The van der Waals surface area contributed by atoms with E-state index in [9.17, 15) is 20.1 Å². The van der Waals surface area contributed by atoms with E-state index in [1.807, 2.05) is 0 Å². The summed E-state index contributed by atoms with van der Waals surface area (Å²) in [5.41, 5.74) is 0.157. The normalized spacial score (nSPS) is 14.4. The van der Waals surface area contributed by atoms with Crippen LogP contribution in [0.3, 0.4) is 0 Å². The third kappa shape index (κ3) is 4.62. The Morgan fingerprint density at radius 1 is 0.967 bits per heavy atom. The molecule has 1 fully saturated rings. The summed E-state index contributed by atoms with van der Waals surface area (Å²) in [5.74, 6) is -0.240. The Balaban J connectivity index is 0.00000256. The van der Waals surface area contributed by atoms with Crippen LogP contribution in [0.5, 0.6) is 23.0 Å². The van der Waals surface area contributed by atoms with E-state index in [4.69, 9.17) is 13.9 Å². The molecule has 0 radical (unpaired) electrons. The van der Waals surface area contributed by atoms with Gasteiger partial charge in [0.2, 0.25) is 0 Å². The van der Waals surface area contributed by atoms with Crippen molar-refractivity contribution in [3.63, 3.8) is 0 Å². The van der Waals surface area contributed by atoms with Gasteiger partial charge in [-0.3, -0.25) is 9.69 Å². The second-order valence-electron chi connectivity index (χ2n) is 6.80. The molecule has 3 N–H and O–H groups in total. The number of morpholine rings is 1. The molecule has 1 aliphatic heterocycles. The van der Waals surface area contributed by atoms with Crippen molar-refractivity contribution in [2.24, 2.45) is 0 Å². The highest BCUT2D eigenvalue weighted by Crippen LogP contribution is 2.34. The fraction of sp³-hybridized carbons (Fsp3) is 0.286. The van der Waals surface area contributed by atoms with E-state index in [1.54, 1.807) is 6.07 Å². The van der Waals surface area contributed by atoms with Crippen molar-refractivity contribution < 1.29 is 29.2 Å². The zero-order valence-electron chi connectivity index (χ0n) is 16.0. The topological polar surface area (TPSA) is 113 Å². The van der Waals surface area contributed by atoms with Gasteiger partial charge >= 0.3 is 0 Å². The highest BCUT2D eigenvalue weighted by Gasteiger charge is 2.15. The Kier molecular flexibility index (Phi) is 6.71. The number of fused-ring (bicyclic) bond motifs is 1. The summed E-state index contributed by atoms with van der Waals surface area (Å²) < 4.78 is 16.8. The van der Waals surface area contributed by atoms with Gasteiger partial charge < -0.3 is 29.2 Å². The minimum Gasteiger partial charge on any atom is -0.507 e. The Morgan fingerprint density at radius 3 is 2.47 bits per heavy atom. The van der Waals surface area contributed by atoms with Crippen molar-refractivity contribution in [3.8, 4) is 34.3 Å². The molecule has 0 atom stereocenters. The SMILES string of the molecule is Cl.O=c1cc(-c2ccc(O)c(O)c2)oc2cc(OCCN3CCOCC3)cc(O)c12. The van der Waals surface area contributed by atoms with Gasteiger partial charge in [0.1, 0.15) is 34.8 Å². The van der Waals surface area contributed by atoms with E-state index >= 15 is 0 Å². The summed E-state index contributed by atoms with van der Waals surface area (Å²) in [6, 6.07) is 8.29. The molecule has 0 bridgehead atoms. The third-order valence-corrected chi connectivity index (χ3v) is 4.82. The summed E-state index contributed by atoms with van der Waals surface area (Å²) in [4.78, 5) is 14.7. The fourth-order valence-corrected chi connectivity index (χ4v) is 3.26. The molecular weight excluding hydrogens is 414 g/mol. The van der Waals surface area contributed by atoms with Gasteiger partial charge in [0, 0.05) is 43.4 Å². The Hall–Kier alpha value is -2.94. The van der Waals surface area contributed by atoms with E-state index < -0.39 is 5.43 Å². The lowest BCUT2D eigenvalue weighted by Gasteiger charge is -2.26. The minimum atomic E-state index is -0.425. The number of rotatable bonds is 5. The maximum atomic E-state index is 12.5. The van der Waals surface area contributed by atoms with Gasteiger partial charge in [0.25, 0.3) is 0 Å². The van der Waals surface area contributed by atoms with Crippen molar-refractivity contribution in [3.05, 3.63) is 46.6 Å². The first kappa shape index (κ1) is 21.8. The summed E-state index contributed by atoms with van der Waals surface area (Å²) in [6.45, 7) is 4.25. The van der Waals surface area contributed by atoms with E-state index in [1.165, 1.54) is 30.3 Å². The van der Waals surface area contributed by atoms with Crippen molar-refractivity contribution in [2.45, 2.75) is 0 Å². The molecule has 3 aromatic rings. The van der Waals surface area contributed by atoms with Crippen molar-refractivity contribution in [2.75, 3.05) is 39.5 Å². The van der Waals surface area contributed by atoms with Crippen LogP contribution in [-0.4, -0.2) is 59.7 Å². The maximum absolute atomic E-state index is 12.5. The smallest absolute Gasteiger partial charge is 0.197 e. The number of aromatic hydroxyl groups is 3. The Morgan fingerprint density at radius 2 is 1.73 bits per heavy atom. The number of phenolic OH excluding ortho intramolecular Hbond substituents is 3. The molecule has 4 rings (SSSR count). The molecule has 1 aliphatic rings. The van der Waals surface area contributed by atoms with Crippen molar-refractivity contribution >= 4 is 23.4 Å². The van der Waals surface area contributed by atoms with Crippen LogP contribution in [0.15, 0.2) is 45.6 Å². The van der Waals surface area contributed by atoms with E-state index in [2.05, 4.69) is 4.90 Å². The molecule has 1 aromatic heterocycles.